The topological polar surface area (TPSA) is 43.8 Å². The van der Waals surface area contributed by atoms with E-state index in [-0.39, 0.29) is 0 Å². The maximum atomic E-state index is 6.21. The molecular weight excluding hydrogens is 449 g/mol. The van der Waals surface area contributed by atoms with E-state index in [0.29, 0.717) is 5.82 Å². The van der Waals surface area contributed by atoms with E-state index in [9.17, 15) is 0 Å². The summed E-state index contributed by atoms with van der Waals surface area (Å²) >= 11 is 7.53. The van der Waals surface area contributed by atoms with Crippen molar-refractivity contribution >= 4 is 55.7 Å². The Morgan fingerprint density at radius 2 is 2.15 bits per heavy atom. The number of thiophene rings is 1. The molecule has 2 N–H and O–H groups in total. The Labute approximate surface area is 143 Å². The number of nitrogens with two attached hydrogens (primary N) is 1. The van der Waals surface area contributed by atoms with Gasteiger partial charge in [-0.25, -0.2) is 0 Å². The van der Waals surface area contributed by atoms with Gasteiger partial charge in [-0.3, -0.25) is 4.68 Å². The second-order valence-corrected chi connectivity index (χ2v) is 7.36. The lowest BCUT2D eigenvalue weighted by Gasteiger charge is -2.05. The van der Waals surface area contributed by atoms with Gasteiger partial charge >= 0.3 is 0 Å². The fourth-order valence-electron chi connectivity index (χ4n) is 2.07. The molecule has 0 saturated carbocycles. The van der Waals surface area contributed by atoms with Crippen LogP contribution in [0.2, 0.25) is 0 Å². The molecule has 2 aromatic heterocycles. The Balaban J connectivity index is 2.30. The molecule has 0 aliphatic heterocycles. The molecule has 3 nitrogen and oxygen atoms in total. The minimum atomic E-state index is 0.693. The summed E-state index contributed by atoms with van der Waals surface area (Å²) in [4.78, 5) is 1.14. The highest BCUT2D eigenvalue weighted by Crippen LogP contribution is 2.40. The van der Waals surface area contributed by atoms with Crippen molar-refractivity contribution in [2.75, 3.05) is 5.73 Å². The van der Waals surface area contributed by atoms with Gasteiger partial charge in [-0.15, -0.1) is 11.3 Å². The molecule has 20 heavy (non-hydrogen) atoms. The zero-order valence-electron chi connectivity index (χ0n) is 10.6. The van der Waals surface area contributed by atoms with Crippen LogP contribution in [0.3, 0.4) is 0 Å². The highest BCUT2D eigenvalue weighted by Gasteiger charge is 2.19. The number of anilines is 1. The Morgan fingerprint density at radius 1 is 1.35 bits per heavy atom. The van der Waals surface area contributed by atoms with Crippen molar-refractivity contribution in [2.24, 2.45) is 7.05 Å². The van der Waals surface area contributed by atoms with Gasteiger partial charge in [-0.05, 0) is 52.2 Å². The van der Waals surface area contributed by atoms with Gasteiger partial charge in [0.25, 0.3) is 0 Å². The van der Waals surface area contributed by atoms with Crippen molar-refractivity contribution < 1.29 is 0 Å². The Hall–Kier alpha value is -0.860. The normalized spacial score (nSPS) is 10.9. The van der Waals surface area contributed by atoms with Crippen LogP contribution in [-0.4, -0.2) is 9.78 Å². The van der Waals surface area contributed by atoms with E-state index in [1.54, 1.807) is 16.0 Å². The van der Waals surface area contributed by atoms with E-state index in [1.807, 2.05) is 19.2 Å². The lowest BCUT2D eigenvalue weighted by Crippen LogP contribution is -1.97. The van der Waals surface area contributed by atoms with Crippen molar-refractivity contribution in [2.45, 2.75) is 0 Å². The van der Waals surface area contributed by atoms with Gasteiger partial charge in [-0.1, -0.05) is 22.0 Å². The lowest BCUT2D eigenvalue weighted by atomic mass is 10.1. The van der Waals surface area contributed by atoms with Crippen LogP contribution in [0, 0.1) is 3.57 Å². The molecular formula is C14H11BrIN3S. The van der Waals surface area contributed by atoms with Crippen LogP contribution >= 0.6 is 49.9 Å². The molecule has 0 saturated heterocycles. The maximum Gasteiger partial charge on any atom is 0.130 e. The number of hydrogen-bond acceptors (Lipinski definition) is 3. The number of nitrogen functional groups attached to an aromatic ring is 1. The lowest BCUT2D eigenvalue weighted by molar-refractivity contribution is 0.782. The fraction of sp³-hybridized carbons (Fsp3) is 0.0714. The predicted octanol–water partition coefficient (Wildman–Crippen LogP) is 4.76. The van der Waals surface area contributed by atoms with Crippen LogP contribution in [0.15, 0.2) is 40.2 Å². The second kappa shape index (κ2) is 5.50. The first-order valence-corrected chi connectivity index (χ1v) is 8.65. The van der Waals surface area contributed by atoms with Gasteiger partial charge in [0.2, 0.25) is 0 Å². The first-order chi connectivity index (χ1) is 9.58. The molecule has 0 amide bonds. The third-order valence-electron chi connectivity index (χ3n) is 3.04. The molecule has 3 aromatic rings. The van der Waals surface area contributed by atoms with Crippen LogP contribution in [0.4, 0.5) is 5.82 Å². The highest BCUT2D eigenvalue weighted by atomic mass is 127. The zero-order valence-corrected chi connectivity index (χ0v) is 15.2. The summed E-state index contributed by atoms with van der Waals surface area (Å²) in [6.45, 7) is 0. The van der Waals surface area contributed by atoms with Crippen LogP contribution in [0.5, 0.6) is 0 Å². The highest BCUT2D eigenvalue weighted by molar-refractivity contribution is 14.1. The van der Waals surface area contributed by atoms with Crippen molar-refractivity contribution in [3.8, 4) is 21.7 Å². The minimum absolute atomic E-state index is 0.693. The van der Waals surface area contributed by atoms with Gasteiger partial charge in [-0.2, -0.15) is 5.10 Å². The molecule has 0 aliphatic rings. The Morgan fingerprint density at radius 3 is 2.85 bits per heavy atom. The molecule has 6 heteroatoms. The summed E-state index contributed by atoms with van der Waals surface area (Å²) in [5.74, 6) is 0.693. The van der Waals surface area contributed by atoms with E-state index in [0.717, 1.165) is 29.7 Å². The molecule has 0 fully saturated rings. The fourth-order valence-corrected chi connectivity index (χ4v) is 3.80. The monoisotopic (exact) mass is 459 g/mol. The molecule has 0 unspecified atom stereocenters. The molecule has 0 spiro atoms. The molecule has 102 valence electrons. The second-order valence-electron chi connectivity index (χ2n) is 4.33. The van der Waals surface area contributed by atoms with Crippen molar-refractivity contribution in [3.05, 3.63) is 43.8 Å². The van der Waals surface area contributed by atoms with Gasteiger partial charge in [0, 0.05) is 25.5 Å². The van der Waals surface area contributed by atoms with Gasteiger partial charge in [0.1, 0.15) is 11.5 Å². The van der Waals surface area contributed by atoms with Crippen LogP contribution < -0.4 is 5.73 Å². The first-order valence-electron chi connectivity index (χ1n) is 5.89. The van der Waals surface area contributed by atoms with E-state index in [2.05, 4.69) is 67.2 Å². The standard InChI is InChI=1S/C14H11BrIN3S/c1-19-14(17)12(11-3-2-6-20-11)13(18-19)9-7-8(15)4-5-10(9)16/h2-7H,17H2,1H3. The van der Waals surface area contributed by atoms with Gasteiger partial charge in [0.05, 0.1) is 5.56 Å². The quantitative estimate of drug-likeness (QED) is 0.561. The smallest absolute Gasteiger partial charge is 0.130 e. The third-order valence-corrected chi connectivity index (χ3v) is 5.36. The summed E-state index contributed by atoms with van der Waals surface area (Å²) in [5.41, 5.74) is 9.25. The summed E-state index contributed by atoms with van der Waals surface area (Å²) in [6, 6.07) is 10.3. The number of hydrogen-bond donors (Lipinski definition) is 1. The number of halogens is 2. The minimum Gasteiger partial charge on any atom is -0.383 e. The van der Waals surface area contributed by atoms with Crippen molar-refractivity contribution in [1.82, 2.24) is 9.78 Å². The maximum absolute atomic E-state index is 6.21. The van der Waals surface area contributed by atoms with E-state index < -0.39 is 0 Å². The molecule has 1 aromatic carbocycles. The Bertz CT molecular complexity index is 765. The average Bonchev–Trinajstić information content (AvgIpc) is 3.02. The third kappa shape index (κ3) is 2.40. The van der Waals surface area contributed by atoms with Crippen molar-refractivity contribution in [3.63, 3.8) is 0 Å². The Kier molecular flexibility index (Phi) is 3.87. The van der Waals surface area contributed by atoms with E-state index in [4.69, 9.17) is 5.73 Å². The predicted molar refractivity (Wildman–Crippen MR) is 96.8 cm³/mol. The average molecular weight is 460 g/mol. The number of aromatic nitrogens is 2. The molecule has 0 atom stereocenters. The molecule has 0 aliphatic carbocycles. The van der Waals surface area contributed by atoms with Gasteiger partial charge < -0.3 is 5.73 Å². The van der Waals surface area contributed by atoms with Gasteiger partial charge in [0.15, 0.2) is 0 Å². The largest absolute Gasteiger partial charge is 0.383 e. The first kappa shape index (κ1) is 14.1. The van der Waals surface area contributed by atoms with Crippen LogP contribution in [0.1, 0.15) is 0 Å². The number of nitrogens with zero attached hydrogens (tertiary/aromatic N) is 2. The van der Waals surface area contributed by atoms with Crippen LogP contribution in [0.25, 0.3) is 21.7 Å². The molecule has 0 bridgehead atoms. The number of benzene rings is 1. The zero-order chi connectivity index (χ0) is 14.3. The van der Waals surface area contributed by atoms with Crippen molar-refractivity contribution in [1.29, 1.82) is 0 Å². The summed E-state index contributed by atoms with van der Waals surface area (Å²) in [6.07, 6.45) is 0. The van der Waals surface area contributed by atoms with E-state index in [1.165, 1.54) is 0 Å². The van der Waals surface area contributed by atoms with Crippen LogP contribution in [-0.2, 0) is 7.05 Å². The SMILES string of the molecule is Cn1nc(-c2cc(Br)ccc2I)c(-c2cccs2)c1N. The molecule has 3 rings (SSSR count). The summed E-state index contributed by atoms with van der Waals surface area (Å²) < 4.78 is 3.93. The number of rotatable bonds is 2. The molecule has 2 heterocycles. The summed E-state index contributed by atoms with van der Waals surface area (Å²) in [7, 11) is 1.88. The van der Waals surface area contributed by atoms with E-state index >= 15 is 0 Å². The molecule has 0 radical (unpaired) electrons. The number of aryl methyl sites for hydroxylation is 1. The summed E-state index contributed by atoms with van der Waals surface area (Å²) in [5, 5.41) is 6.66.